The van der Waals surface area contributed by atoms with E-state index in [1.807, 2.05) is 6.08 Å². The number of rotatable bonds is 37. The predicted molar refractivity (Wildman–Crippen MR) is 221 cm³/mol. The highest BCUT2D eigenvalue weighted by molar-refractivity contribution is 7.47. The van der Waals surface area contributed by atoms with E-state index in [9.17, 15) is 29.3 Å². The van der Waals surface area contributed by atoms with Gasteiger partial charge in [-0.25, -0.2) is 4.57 Å². The highest BCUT2D eigenvalue weighted by Gasteiger charge is 2.26. The van der Waals surface area contributed by atoms with Crippen LogP contribution >= 0.6 is 7.82 Å². The third kappa shape index (κ3) is 26.1. The number of aliphatic hydroxyl groups excluding tert-OH is 2. The molecule has 5 N–H and O–H groups in total. The molecular formula is C43H78NO11P. The quantitative estimate of drug-likeness (QED) is 0.0216. The maximum absolute atomic E-state index is 12.7. The number of furan rings is 1. The zero-order chi connectivity index (χ0) is 41.4. The first-order chi connectivity index (χ1) is 26.9. The number of unbranched alkanes of at least 4 members (excludes halogenated alkanes) is 14. The van der Waals surface area contributed by atoms with Crippen molar-refractivity contribution in [1.82, 2.24) is 0 Å². The third-order valence-corrected chi connectivity index (χ3v) is 11.0. The standard InChI is InChI=1S/C43H78NO11P/c1-5-7-9-10-14-20-25-38(45)39(46)26-21-15-13-18-23-29-42(47)51-33-37(34-53-56(49,50)52-32-31-44)54-43(48)30-24-17-12-11-16-22-28-41-36(4)35(3)40(55-41)27-19-8-6-2/h14,20,37-39,45-46H,5-13,15-19,21-34,44H2,1-4H3,(H,49,50)/b20-14-/t37-,38-,39-/m1/s1. The lowest BCUT2D eigenvalue weighted by atomic mass is 10.0. The fraction of sp³-hybridized carbons (Fsp3) is 0.814. The lowest BCUT2D eigenvalue weighted by Gasteiger charge is -2.20. The normalized spacial score (nSPS) is 14.5. The van der Waals surface area contributed by atoms with Gasteiger partial charge < -0.3 is 34.7 Å². The molecule has 0 bridgehead atoms. The summed E-state index contributed by atoms with van der Waals surface area (Å²) in [4.78, 5) is 35.0. The Hall–Kier alpha value is -2.05. The lowest BCUT2D eigenvalue weighted by Crippen LogP contribution is -2.29. The molecule has 0 saturated carbocycles. The van der Waals surface area contributed by atoms with E-state index in [2.05, 4.69) is 33.8 Å². The predicted octanol–water partition coefficient (Wildman–Crippen LogP) is 9.43. The SMILES string of the molecule is CCCCC/C=C\C[C@@H](O)[C@H](O)CCCCCCCC(=O)OC[C@H](COP(=O)(O)OCCN)OC(=O)CCCCCCCCc1oc(CCCCC)c(C)c1C. The minimum absolute atomic E-state index is 0.0233. The number of esters is 2. The van der Waals surface area contributed by atoms with Gasteiger partial charge in [-0.05, 0) is 76.3 Å². The number of carbonyl (C=O) groups is 2. The van der Waals surface area contributed by atoms with Gasteiger partial charge in [0.15, 0.2) is 6.10 Å². The van der Waals surface area contributed by atoms with Gasteiger partial charge in [-0.15, -0.1) is 0 Å². The Bertz CT molecular complexity index is 1240. The summed E-state index contributed by atoms with van der Waals surface area (Å²) in [6.45, 7) is 7.72. The minimum atomic E-state index is -4.43. The second-order valence-corrected chi connectivity index (χ2v) is 16.6. The summed E-state index contributed by atoms with van der Waals surface area (Å²) in [5.41, 5.74) is 7.92. The van der Waals surface area contributed by atoms with E-state index in [1.54, 1.807) is 0 Å². The van der Waals surface area contributed by atoms with Crippen molar-refractivity contribution in [1.29, 1.82) is 0 Å². The summed E-state index contributed by atoms with van der Waals surface area (Å²) >= 11 is 0. The number of hydrogen-bond donors (Lipinski definition) is 4. The van der Waals surface area contributed by atoms with E-state index in [-0.39, 0.29) is 32.6 Å². The molecule has 12 nitrogen and oxygen atoms in total. The molecule has 0 radical (unpaired) electrons. The van der Waals surface area contributed by atoms with Gasteiger partial charge in [-0.2, -0.15) is 0 Å². The molecule has 326 valence electrons. The van der Waals surface area contributed by atoms with Gasteiger partial charge in [0.2, 0.25) is 0 Å². The number of hydrogen-bond acceptors (Lipinski definition) is 11. The molecule has 0 fully saturated rings. The molecule has 13 heteroatoms. The molecule has 0 saturated heterocycles. The second kappa shape index (κ2) is 32.9. The molecular weight excluding hydrogens is 737 g/mol. The third-order valence-electron chi connectivity index (χ3n) is 10.1. The molecule has 0 spiro atoms. The molecule has 0 aliphatic heterocycles. The van der Waals surface area contributed by atoms with Gasteiger partial charge in [0.05, 0.1) is 25.4 Å². The molecule has 1 unspecified atom stereocenters. The summed E-state index contributed by atoms with van der Waals surface area (Å²) < 4.78 is 39.0. The van der Waals surface area contributed by atoms with Crippen LogP contribution in [0.5, 0.6) is 0 Å². The first kappa shape index (κ1) is 52.0. The average molecular weight is 816 g/mol. The van der Waals surface area contributed by atoms with Crippen molar-refractivity contribution in [2.75, 3.05) is 26.4 Å². The van der Waals surface area contributed by atoms with Gasteiger partial charge in [-0.1, -0.05) is 103 Å². The van der Waals surface area contributed by atoms with Crippen molar-refractivity contribution in [3.63, 3.8) is 0 Å². The smallest absolute Gasteiger partial charge is 0.466 e. The number of nitrogens with two attached hydrogens (primary N) is 1. The molecule has 1 rings (SSSR count). The number of phosphoric ester groups is 1. The molecule has 1 aromatic rings. The monoisotopic (exact) mass is 816 g/mol. The van der Waals surface area contributed by atoms with Crippen molar-refractivity contribution < 1.29 is 52.2 Å². The van der Waals surface area contributed by atoms with Crippen LogP contribution in [-0.2, 0) is 45.5 Å². The van der Waals surface area contributed by atoms with Crippen LogP contribution in [0.4, 0.5) is 0 Å². The van der Waals surface area contributed by atoms with Gasteiger partial charge in [0, 0.05) is 32.2 Å². The van der Waals surface area contributed by atoms with Crippen LogP contribution < -0.4 is 5.73 Å². The summed E-state index contributed by atoms with van der Waals surface area (Å²) in [5.74, 6) is 1.28. The first-order valence-electron chi connectivity index (χ1n) is 21.7. The van der Waals surface area contributed by atoms with E-state index in [4.69, 9.17) is 28.7 Å². The average Bonchev–Trinajstić information content (AvgIpc) is 3.44. The van der Waals surface area contributed by atoms with E-state index in [0.29, 0.717) is 25.7 Å². The van der Waals surface area contributed by atoms with Crippen LogP contribution in [0.25, 0.3) is 0 Å². The van der Waals surface area contributed by atoms with Gasteiger partial charge in [-0.3, -0.25) is 18.6 Å². The molecule has 1 aromatic heterocycles. The molecule has 4 atom stereocenters. The van der Waals surface area contributed by atoms with Crippen LogP contribution in [0, 0.1) is 13.8 Å². The number of allylic oxidation sites excluding steroid dienone is 1. The first-order valence-corrected chi connectivity index (χ1v) is 23.2. The van der Waals surface area contributed by atoms with E-state index in [0.717, 1.165) is 101 Å². The van der Waals surface area contributed by atoms with Crippen molar-refractivity contribution in [3.05, 3.63) is 34.8 Å². The second-order valence-electron chi connectivity index (χ2n) is 15.1. The summed E-state index contributed by atoms with van der Waals surface area (Å²) in [7, 11) is -4.43. The van der Waals surface area contributed by atoms with E-state index in [1.165, 1.54) is 36.8 Å². The number of carbonyl (C=O) groups excluding carboxylic acids is 2. The van der Waals surface area contributed by atoms with Crippen molar-refractivity contribution in [3.8, 4) is 0 Å². The molecule has 1 heterocycles. The van der Waals surface area contributed by atoms with Crippen LogP contribution in [0.15, 0.2) is 16.6 Å². The number of aliphatic hydroxyl groups is 2. The topological polar surface area (TPSA) is 188 Å². The Kier molecular flexibility index (Phi) is 30.5. The summed E-state index contributed by atoms with van der Waals surface area (Å²) in [6, 6.07) is 0. The molecule has 0 aromatic carbocycles. The molecule has 0 amide bonds. The zero-order valence-electron chi connectivity index (χ0n) is 35.3. The van der Waals surface area contributed by atoms with E-state index >= 15 is 0 Å². The Labute approximate surface area is 338 Å². The highest BCUT2D eigenvalue weighted by Crippen LogP contribution is 2.43. The summed E-state index contributed by atoms with van der Waals surface area (Å²) in [5, 5.41) is 20.4. The van der Waals surface area contributed by atoms with Crippen molar-refractivity contribution in [2.24, 2.45) is 5.73 Å². The van der Waals surface area contributed by atoms with Gasteiger partial charge >= 0.3 is 19.8 Å². The Morgan fingerprint density at radius 1 is 0.714 bits per heavy atom. The zero-order valence-corrected chi connectivity index (χ0v) is 36.2. The van der Waals surface area contributed by atoms with Crippen LogP contribution in [0.1, 0.15) is 178 Å². The Morgan fingerprint density at radius 2 is 1.27 bits per heavy atom. The maximum Gasteiger partial charge on any atom is 0.472 e. The van der Waals surface area contributed by atoms with Gasteiger partial charge in [0.25, 0.3) is 0 Å². The largest absolute Gasteiger partial charge is 0.472 e. The number of ether oxygens (including phenoxy) is 2. The molecule has 0 aliphatic carbocycles. The van der Waals surface area contributed by atoms with Gasteiger partial charge in [0.1, 0.15) is 18.1 Å². The Balaban J connectivity index is 2.34. The van der Waals surface area contributed by atoms with Crippen LogP contribution in [0.2, 0.25) is 0 Å². The van der Waals surface area contributed by atoms with Crippen molar-refractivity contribution >= 4 is 19.8 Å². The molecule has 56 heavy (non-hydrogen) atoms. The fourth-order valence-electron chi connectivity index (χ4n) is 6.36. The minimum Gasteiger partial charge on any atom is -0.466 e. The Morgan fingerprint density at radius 3 is 1.89 bits per heavy atom. The maximum atomic E-state index is 12.7. The highest BCUT2D eigenvalue weighted by atomic mass is 31.2. The fourth-order valence-corrected chi connectivity index (χ4v) is 7.13. The summed E-state index contributed by atoms with van der Waals surface area (Å²) in [6.07, 6.45) is 22.4. The van der Waals surface area contributed by atoms with Crippen LogP contribution in [0.3, 0.4) is 0 Å². The number of aryl methyl sites for hydroxylation is 2. The number of phosphoric acid groups is 1. The van der Waals surface area contributed by atoms with Crippen LogP contribution in [-0.4, -0.2) is 71.7 Å². The van der Waals surface area contributed by atoms with E-state index < -0.39 is 44.7 Å². The van der Waals surface area contributed by atoms with Crippen molar-refractivity contribution in [2.45, 2.75) is 200 Å². The molecule has 0 aliphatic rings. The lowest BCUT2D eigenvalue weighted by molar-refractivity contribution is -0.161.